The third kappa shape index (κ3) is 4.19. The average Bonchev–Trinajstić information content (AvgIpc) is 2.40. The molecule has 0 N–H and O–H groups in total. The van der Waals surface area contributed by atoms with E-state index >= 15 is 0 Å². The molecule has 0 fully saturated rings. The van der Waals surface area contributed by atoms with Crippen molar-refractivity contribution in [2.24, 2.45) is 5.92 Å². The van der Waals surface area contributed by atoms with Crippen LogP contribution in [0.5, 0.6) is 0 Å². The van der Waals surface area contributed by atoms with Gasteiger partial charge in [0.15, 0.2) is 0 Å². The van der Waals surface area contributed by atoms with E-state index in [2.05, 4.69) is 60.7 Å². The van der Waals surface area contributed by atoms with Crippen LogP contribution in [0, 0.1) is 5.92 Å². The van der Waals surface area contributed by atoms with Crippen molar-refractivity contribution in [3.8, 4) is 0 Å². The molecule has 2 aromatic rings. The van der Waals surface area contributed by atoms with Gasteiger partial charge in [-0.2, -0.15) is 0 Å². The van der Waals surface area contributed by atoms with Gasteiger partial charge in [0, 0.05) is 0 Å². The molecule has 0 spiro atoms. The average molecular weight is 331 g/mol. The summed E-state index contributed by atoms with van der Waals surface area (Å²) in [6.07, 6.45) is 2.48. The van der Waals surface area contributed by atoms with Gasteiger partial charge in [-0.1, -0.05) is 0 Å². The monoisotopic (exact) mass is 332 g/mol. The van der Waals surface area contributed by atoms with Crippen LogP contribution in [0.1, 0.15) is 11.1 Å². The summed E-state index contributed by atoms with van der Waals surface area (Å²) in [6, 6.07) is 21.8. The van der Waals surface area contributed by atoms with Crippen molar-refractivity contribution < 1.29 is 0 Å². The van der Waals surface area contributed by atoms with Crippen LogP contribution in [0.4, 0.5) is 0 Å². The number of hydrogen-bond donors (Lipinski definition) is 0. The van der Waals surface area contributed by atoms with Gasteiger partial charge >= 0.3 is 118 Å². The summed E-state index contributed by atoms with van der Waals surface area (Å²) in [7, 11) is 0. The Morgan fingerprint density at radius 3 is 1.47 bits per heavy atom. The van der Waals surface area contributed by atoms with E-state index in [1.807, 2.05) is 0 Å². The molecule has 0 unspecified atom stereocenters. The molecule has 2 aromatic carbocycles. The third-order valence-corrected chi connectivity index (χ3v) is 6.61. The second-order valence-corrected chi connectivity index (χ2v) is 6.98. The Hall–Kier alpha value is -0.761. The van der Waals surface area contributed by atoms with Gasteiger partial charge in [-0.3, -0.25) is 0 Å². The van der Waals surface area contributed by atoms with E-state index in [0.29, 0.717) is 0 Å². The first-order valence-corrected chi connectivity index (χ1v) is 10.5. The van der Waals surface area contributed by atoms with Crippen LogP contribution in [0.15, 0.2) is 60.7 Å². The van der Waals surface area contributed by atoms with E-state index in [4.69, 9.17) is 0 Å². The Balaban J connectivity index is 1.98. The molecule has 0 aliphatic carbocycles. The van der Waals surface area contributed by atoms with Crippen molar-refractivity contribution in [2.45, 2.75) is 17.3 Å². The molecule has 0 aromatic heterocycles. The SMILES string of the molecule is [SnH3][CH2]C(Cc1ccccc1)Cc1ccccc1. The van der Waals surface area contributed by atoms with E-state index in [-0.39, 0.29) is 0 Å². The summed E-state index contributed by atoms with van der Waals surface area (Å²) in [5.74, 6) is 0.843. The van der Waals surface area contributed by atoms with Crippen LogP contribution in [0.2, 0.25) is 4.44 Å². The van der Waals surface area contributed by atoms with Gasteiger partial charge in [0.2, 0.25) is 0 Å². The topological polar surface area (TPSA) is 0 Å². The van der Waals surface area contributed by atoms with Crippen molar-refractivity contribution in [2.75, 3.05) is 0 Å². The molecule has 0 aliphatic heterocycles. The van der Waals surface area contributed by atoms with Crippen LogP contribution in [0.25, 0.3) is 0 Å². The first kappa shape index (κ1) is 12.7. The minimum absolute atomic E-state index is 0.785. The van der Waals surface area contributed by atoms with Crippen LogP contribution in [0.3, 0.4) is 0 Å². The number of benzene rings is 2. The summed E-state index contributed by atoms with van der Waals surface area (Å²) in [4.78, 5) is 0. The molecule has 0 bridgehead atoms. The molecule has 0 amide bonds. The molecule has 0 radical (unpaired) electrons. The van der Waals surface area contributed by atoms with Gasteiger partial charge in [-0.05, 0) is 0 Å². The van der Waals surface area contributed by atoms with Crippen molar-refractivity contribution in [1.29, 1.82) is 0 Å². The maximum absolute atomic E-state index is 2.25. The summed E-state index contributed by atoms with van der Waals surface area (Å²) < 4.78 is 1.45. The van der Waals surface area contributed by atoms with Crippen LogP contribution in [-0.4, -0.2) is 22.5 Å². The number of rotatable bonds is 5. The molecule has 0 heterocycles. The van der Waals surface area contributed by atoms with Crippen molar-refractivity contribution >= 4 is 22.5 Å². The summed E-state index contributed by atoms with van der Waals surface area (Å²) in [5, 5.41) is 0. The minimum atomic E-state index is 0.785. The standard InChI is InChI=1S/C16H17.Sn.3H/c1-14(12-15-8-4-2-5-9-15)13-16-10-6-3-7-11-16;;;;/h2-11,14H,1,12-13H2;;;;. The van der Waals surface area contributed by atoms with Gasteiger partial charge in [0.05, 0.1) is 0 Å². The fourth-order valence-electron chi connectivity index (χ4n) is 2.26. The van der Waals surface area contributed by atoms with E-state index < -0.39 is 0 Å². The quantitative estimate of drug-likeness (QED) is 0.739. The molecule has 2 rings (SSSR count). The van der Waals surface area contributed by atoms with Crippen molar-refractivity contribution in [1.82, 2.24) is 0 Å². The van der Waals surface area contributed by atoms with E-state index in [1.165, 1.54) is 28.4 Å². The molecule has 0 saturated heterocycles. The van der Waals surface area contributed by atoms with E-state index in [0.717, 1.165) is 28.4 Å². The molecular weight excluding hydrogens is 311 g/mol. The van der Waals surface area contributed by atoms with Gasteiger partial charge in [0.1, 0.15) is 0 Å². The van der Waals surface area contributed by atoms with E-state index in [1.54, 1.807) is 0 Å². The summed E-state index contributed by atoms with van der Waals surface area (Å²) >= 11 is 0.785. The molecule has 1 heteroatoms. The Morgan fingerprint density at radius 1 is 0.706 bits per heavy atom. The normalized spacial score (nSPS) is 10.9. The fraction of sp³-hybridized carbons (Fsp3) is 0.250. The first-order valence-electron chi connectivity index (χ1n) is 6.46. The molecule has 0 aliphatic rings. The maximum atomic E-state index is 2.25. The molecule has 0 atom stereocenters. The number of hydrogen-bond acceptors (Lipinski definition) is 0. The predicted molar refractivity (Wildman–Crippen MR) is 78.5 cm³/mol. The summed E-state index contributed by atoms with van der Waals surface area (Å²) in [5.41, 5.74) is 2.98. The molecule has 0 nitrogen and oxygen atoms in total. The molecule has 17 heavy (non-hydrogen) atoms. The Bertz CT molecular complexity index is 380. The van der Waals surface area contributed by atoms with Crippen LogP contribution in [-0.2, 0) is 12.8 Å². The van der Waals surface area contributed by atoms with Gasteiger partial charge in [-0.25, -0.2) is 0 Å². The zero-order valence-corrected chi connectivity index (χ0v) is 16.2. The third-order valence-electron chi connectivity index (χ3n) is 3.31. The van der Waals surface area contributed by atoms with Gasteiger partial charge in [-0.15, -0.1) is 0 Å². The summed E-state index contributed by atoms with van der Waals surface area (Å²) in [6.45, 7) is 0. The molecule has 88 valence electrons. The second-order valence-electron chi connectivity index (χ2n) is 4.65. The Labute approximate surface area is 117 Å². The molecular formula is C16H20Sn. The van der Waals surface area contributed by atoms with Crippen molar-refractivity contribution in [3.63, 3.8) is 0 Å². The first-order chi connectivity index (χ1) is 8.38. The second kappa shape index (κ2) is 6.85. The Morgan fingerprint density at radius 2 is 1.12 bits per heavy atom. The van der Waals surface area contributed by atoms with Gasteiger partial charge < -0.3 is 0 Å². The van der Waals surface area contributed by atoms with Crippen molar-refractivity contribution in [3.05, 3.63) is 71.8 Å². The predicted octanol–water partition coefficient (Wildman–Crippen LogP) is 2.87. The van der Waals surface area contributed by atoms with Crippen LogP contribution < -0.4 is 0 Å². The van der Waals surface area contributed by atoms with E-state index in [9.17, 15) is 0 Å². The van der Waals surface area contributed by atoms with Gasteiger partial charge in [0.25, 0.3) is 0 Å². The fourth-order valence-corrected chi connectivity index (χ4v) is 3.90. The zero-order chi connectivity index (χ0) is 11.9. The Kier molecular flexibility index (Phi) is 5.11. The van der Waals surface area contributed by atoms with Crippen LogP contribution >= 0.6 is 0 Å². The zero-order valence-electron chi connectivity index (χ0n) is 10.5. The molecule has 0 saturated carbocycles.